The fourth-order valence-electron chi connectivity index (χ4n) is 3.91. The van der Waals surface area contributed by atoms with Crippen LogP contribution in [0.25, 0.3) is 16.7 Å². The molecule has 1 heterocycles. The van der Waals surface area contributed by atoms with Gasteiger partial charge in [-0.05, 0) is 12.1 Å². The van der Waals surface area contributed by atoms with Gasteiger partial charge < -0.3 is 0 Å². The van der Waals surface area contributed by atoms with Crippen molar-refractivity contribution in [2.75, 3.05) is 0 Å². The standard InChI is InChI=1S/C21H8N4O6S2/c22-9-10-5-11(23(26)27)6-13-18(10)20-14(7-12(24(28)29)8-15(20)25(30)31)19(13)21-32-16-3-1-2-4-17(16)33-21/h1-8H. The Morgan fingerprint density at radius 3 is 1.82 bits per heavy atom. The minimum absolute atomic E-state index is 0.0479. The van der Waals surface area contributed by atoms with Crippen LogP contribution < -0.4 is 0 Å². The first-order valence-corrected chi connectivity index (χ1v) is 10.8. The number of nitrogens with zero attached hydrogens (tertiary/aromatic N) is 4. The van der Waals surface area contributed by atoms with E-state index in [9.17, 15) is 35.6 Å². The Labute approximate surface area is 193 Å². The zero-order chi connectivity index (χ0) is 23.4. The summed E-state index contributed by atoms with van der Waals surface area (Å²) in [6.07, 6.45) is 0. The highest BCUT2D eigenvalue weighted by Crippen LogP contribution is 2.60. The number of nitro groups is 3. The Balaban J connectivity index is 1.92. The zero-order valence-electron chi connectivity index (χ0n) is 16.2. The van der Waals surface area contributed by atoms with Gasteiger partial charge in [-0.3, -0.25) is 30.3 Å². The van der Waals surface area contributed by atoms with Crippen molar-refractivity contribution in [1.29, 1.82) is 5.26 Å². The van der Waals surface area contributed by atoms with Crippen molar-refractivity contribution in [3.05, 3.63) is 99.8 Å². The number of non-ortho nitro benzene ring substituents is 2. The molecule has 0 spiro atoms. The normalized spacial score (nSPS) is 13.2. The summed E-state index contributed by atoms with van der Waals surface area (Å²) in [7, 11) is 0. The lowest BCUT2D eigenvalue weighted by Gasteiger charge is -2.07. The monoisotopic (exact) mass is 476 g/mol. The molecule has 0 saturated heterocycles. The topological polar surface area (TPSA) is 153 Å². The summed E-state index contributed by atoms with van der Waals surface area (Å²) in [5.41, 5.74) is -0.397. The molecule has 0 radical (unpaired) electrons. The Kier molecular flexibility index (Phi) is 4.66. The van der Waals surface area contributed by atoms with Gasteiger partial charge in [0.15, 0.2) is 0 Å². The molecule has 3 aromatic carbocycles. The summed E-state index contributed by atoms with van der Waals surface area (Å²) < 4.78 is 0.662. The molecule has 33 heavy (non-hydrogen) atoms. The predicted molar refractivity (Wildman–Crippen MR) is 121 cm³/mol. The van der Waals surface area contributed by atoms with Gasteiger partial charge in [-0.1, -0.05) is 35.7 Å². The molecule has 2 aliphatic rings. The van der Waals surface area contributed by atoms with Crippen molar-refractivity contribution < 1.29 is 14.8 Å². The van der Waals surface area contributed by atoms with Crippen LogP contribution in [0.3, 0.4) is 0 Å². The molecule has 1 aliphatic carbocycles. The van der Waals surface area contributed by atoms with Crippen LogP contribution >= 0.6 is 23.5 Å². The fourth-order valence-corrected chi connectivity index (χ4v) is 6.54. The van der Waals surface area contributed by atoms with Gasteiger partial charge in [0.05, 0.1) is 36.2 Å². The third kappa shape index (κ3) is 3.13. The summed E-state index contributed by atoms with van der Waals surface area (Å²) in [5, 5.41) is 44.7. The molecule has 0 N–H and O–H groups in total. The van der Waals surface area contributed by atoms with Gasteiger partial charge >= 0.3 is 0 Å². The quantitative estimate of drug-likeness (QED) is 0.260. The lowest BCUT2D eigenvalue weighted by Crippen LogP contribution is -1.97. The molecule has 5 rings (SSSR count). The van der Waals surface area contributed by atoms with E-state index in [4.69, 9.17) is 0 Å². The van der Waals surface area contributed by atoms with Crippen LogP contribution in [0, 0.1) is 41.7 Å². The number of thioether (sulfide) groups is 2. The lowest BCUT2D eigenvalue weighted by molar-refractivity contribution is -0.393. The number of nitro benzene ring substituents is 3. The number of rotatable bonds is 3. The van der Waals surface area contributed by atoms with Crippen LogP contribution in [0.4, 0.5) is 17.1 Å². The Morgan fingerprint density at radius 1 is 0.758 bits per heavy atom. The second kappa shape index (κ2) is 7.44. The van der Waals surface area contributed by atoms with Crippen LogP contribution in [0.15, 0.2) is 62.6 Å². The second-order valence-corrected chi connectivity index (χ2v) is 9.36. The highest BCUT2D eigenvalue weighted by Gasteiger charge is 2.39. The minimum Gasteiger partial charge on any atom is -0.258 e. The molecule has 0 aromatic heterocycles. The van der Waals surface area contributed by atoms with E-state index in [-0.39, 0.29) is 33.5 Å². The van der Waals surface area contributed by atoms with Crippen molar-refractivity contribution in [2.24, 2.45) is 0 Å². The van der Waals surface area contributed by atoms with Gasteiger partial charge in [0.25, 0.3) is 17.1 Å². The number of hydrogen-bond acceptors (Lipinski definition) is 9. The van der Waals surface area contributed by atoms with Crippen molar-refractivity contribution in [3.8, 4) is 17.2 Å². The average Bonchev–Trinajstić information content (AvgIpc) is 3.35. The van der Waals surface area contributed by atoms with E-state index < -0.39 is 26.1 Å². The molecule has 3 aromatic rings. The highest BCUT2D eigenvalue weighted by atomic mass is 32.2. The van der Waals surface area contributed by atoms with Crippen LogP contribution in [-0.2, 0) is 0 Å². The first-order valence-electron chi connectivity index (χ1n) is 9.19. The minimum atomic E-state index is -0.741. The molecule has 12 heteroatoms. The molecule has 0 atom stereocenters. The Hall–Kier alpha value is -4.21. The summed E-state index contributed by atoms with van der Waals surface area (Å²) in [4.78, 5) is 34.7. The summed E-state index contributed by atoms with van der Waals surface area (Å²) in [6, 6.07) is 13.8. The average molecular weight is 476 g/mol. The van der Waals surface area contributed by atoms with E-state index in [1.807, 2.05) is 30.3 Å². The molecular formula is C21H8N4O6S2. The summed E-state index contributed by atoms with van der Waals surface area (Å²) >= 11 is 2.73. The first kappa shape index (κ1) is 20.7. The van der Waals surface area contributed by atoms with E-state index in [0.717, 1.165) is 21.9 Å². The van der Waals surface area contributed by atoms with Crippen molar-refractivity contribution in [2.45, 2.75) is 9.79 Å². The molecule has 160 valence electrons. The molecular weight excluding hydrogens is 468 g/mol. The third-order valence-electron chi connectivity index (χ3n) is 5.21. The maximum absolute atomic E-state index is 11.9. The zero-order valence-corrected chi connectivity index (χ0v) is 17.8. The molecule has 1 aliphatic heterocycles. The smallest absolute Gasteiger partial charge is 0.258 e. The number of fused-ring (bicyclic) bond motifs is 4. The summed E-state index contributed by atoms with van der Waals surface area (Å²) in [6.45, 7) is 0. The lowest BCUT2D eigenvalue weighted by atomic mass is 9.97. The molecule has 0 unspecified atom stereocenters. The Bertz CT molecular complexity index is 1500. The number of benzene rings is 3. The van der Waals surface area contributed by atoms with Crippen LogP contribution in [0.1, 0.15) is 16.7 Å². The van der Waals surface area contributed by atoms with E-state index >= 15 is 0 Å². The Morgan fingerprint density at radius 2 is 1.30 bits per heavy atom. The van der Waals surface area contributed by atoms with Gasteiger partial charge in [0.2, 0.25) is 0 Å². The first-order chi connectivity index (χ1) is 15.8. The van der Waals surface area contributed by atoms with Gasteiger partial charge in [-0.25, -0.2) is 0 Å². The van der Waals surface area contributed by atoms with Gasteiger partial charge in [0, 0.05) is 50.3 Å². The molecule has 0 bridgehead atoms. The van der Waals surface area contributed by atoms with E-state index in [2.05, 4.69) is 0 Å². The summed E-state index contributed by atoms with van der Waals surface area (Å²) in [5.74, 6) is 0. The SMILES string of the molecule is N#Cc1cc([N+](=O)[O-])cc2c1-c1c(cc([N+](=O)[O-])cc1[N+](=O)[O-])C2=C1Sc2ccccc2S1. The molecule has 10 nitrogen and oxygen atoms in total. The highest BCUT2D eigenvalue weighted by molar-refractivity contribution is 8.25. The third-order valence-corrected chi connectivity index (χ3v) is 7.77. The second-order valence-electron chi connectivity index (χ2n) is 7.00. The maximum atomic E-state index is 11.9. The van der Waals surface area contributed by atoms with Crippen LogP contribution in [-0.4, -0.2) is 14.8 Å². The van der Waals surface area contributed by atoms with Crippen LogP contribution in [0.5, 0.6) is 0 Å². The maximum Gasteiger partial charge on any atom is 0.284 e. The van der Waals surface area contributed by atoms with Crippen molar-refractivity contribution in [3.63, 3.8) is 0 Å². The van der Waals surface area contributed by atoms with Crippen molar-refractivity contribution in [1.82, 2.24) is 0 Å². The van der Waals surface area contributed by atoms with E-state index in [1.54, 1.807) is 0 Å². The molecule has 0 saturated carbocycles. The molecule has 0 amide bonds. The van der Waals surface area contributed by atoms with Gasteiger partial charge in [-0.15, -0.1) is 0 Å². The van der Waals surface area contributed by atoms with Crippen molar-refractivity contribution >= 4 is 46.2 Å². The van der Waals surface area contributed by atoms with Gasteiger partial charge in [-0.2, -0.15) is 5.26 Å². The predicted octanol–water partition coefficient (Wildman–Crippen LogP) is 5.88. The number of nitriles is 1. The van der Waals surface area contributed by atoms with Gasteiger partial charge in [0.1, 0.15) is 6.07 Å². The van der Waals surface area contributed by atoms with E-state index in [0.29, 0.717) is 9.81 Å². The number of hydrogen-bond donors (Lipinski definition) is 0. The largest absolute Gasteiger partial charge is 0.284 e. The fraction of sp³-hybridized carbons (Fsp3) is 0. The van der Waals surface area contributed by atoms with Crippen LogP contribution in [0.2, 0.25) is 0 Å². The van der Waals surface area contributed by atoms with E-state index in [1.165, 1.54) is 35.7 Å². The molecule has 0 fully saturated rings.